The second kappa shape index (κ2) is 11.5. The number of benzene rings is 3. The van der Waals surface area contributed by atoms with Crippen molar-refractivity contribution in [3.05, 3.63) is 110 Å². The van der Waals surface area contributed by atoms with Gasteiger partial charge < -0.3 is 10.1 Å². The third-order valence-electron chi connectivity index (χ3n) is 6.47. The first-order chi connectivity index (χ1) is 20.3. The lowest BCUT2D eigenvalue weighted by atomic mass is 10.0. The predicted molar refractivity (Wildman–Crippen MR) is 158 cm³/mol. The molecule has 0 saturated heterocycles. The van der Waals surface area contributed by atoms with Crippen LogP contribution in [0, 0.1) is 17.0 Å². The lowest BCUT2D eigenvalue weighted by Gasteiger charge is -2.15. The van der Waals surface area contributed by atoms with Gasteiger partial charge in [-0.3, -0.25) is 14.9 Å². The van der Waals surface area contributed by atoms with Crippen LogP contribution in [0.1, 0.15) is 47.1 Å². The van der Waals surface area contributed by atoms with Gasteiger partial charge in [0.2, 0.25) is 0 Å². The van der Waals surface area contributed by atoms with Gasteiger partial charge in [-0.2, -0.15) is 18.3 Å². The summed E-state index contributed by atoms with van der Waals surface area (Å²) in [5.74, 6) is -0.204. The molecule has 0 fully saturated rings. The SMILES string of the molecule is Cc1ccc(C(C)C)c(Oc2cc(NC(=O)c3cc4nc(-c5ccc(Br)cc5)cc(C(F)(F)F)n4n3)cc([N+](=O)[O-])c2)c1. The molecule has 5 aromatic rings. The van der Waals surface area contributed by atoms with Gasteiger partial charge >= 0.3 is 6.18 Å². The summed E-state index contributed by atoms with van der Waals surface area (Å²) in [5.41, 5.74) is 0.190. The van der Waals surface area contributed by atoms with E-state index in [0.717, 1.165) is 33.8 Å². The number of hydrogen-bond donors (Lipinski definition) is 1. The molecule has 0 radical (unpaired) electrons. The molecule has 0 saturated carbocycles. The number of rotatable bonds is 7. The highest BCUT2D eigenvalue weighted by Crippen LogP contribution is 2.36. The number of carbonyl (C=O) groups is 1. The zero-order valence-electron chi connectivity index (χ0n) is 22.9. The van der Waals surface area contributed by atoms with E-state index in [9.17, 15) is 28.1 Å². The Kier molecular flexibility index (Phi) is 7.93. The van der Waals surface area contributed by atoms with Crippen molar-refractivity contribution >= 4 is 38.9 Å². The Bertz CT molecular complexity index is 1870. The summed E-state index contributed by atoms with van der Waals surface area (Å²) >= 11 is 3.29. The molecule has 2 aromatic heterocycles. The summed E-state index contributed by atoms with van der Waals surface area (Å²) in [7, 11) is 0. The summed E-state index contributed by atoms with van der Waals surface area (Å²) in [5, 5.41) is 18.0. The Balaban J connectivity index is 1.50. The third kappa shape index (κ3) is 6.51. The van der Waals surface area contributed by atoms with E-state index in [2.05, 4.69) is 31.3 Å². The molecule has 5 rings (SSSR count). The number of aromatic nitrogens is 3. The number of alkyl halides is 3. The van der Waals surface area contributed by atoms with Crippen LogP contribution in [-0.2, 0) is 6.18 Å². The molecule has 1 amide bonds. The Hall–Kier alpha value is -4.78. The van der Waals surface area contributed by atoms with Crippen LogP contribution in [0.2, 0.25) is 0 Å². The lowest BCUT2D eigenvalue weighted by molar-refractivity contribution is -0.384. The molecular weight excluding hydrogens is 631 g/mol. The average molecular weight is 654 g/mol. The number of aryl methyl sites for hydroxylation is 1. The van der Waals surface area contributed by atoms with Crippen LogP contribution in [0.25, 0.3) is 16.9 Å². The fraction of sp³-hybridized carbons (Fsp3) is 0.167. The zero-order valence-corrected chi connectivity index (χ0v) is 24.5. The van der Waals surface area contributed by atoms with Crippen LogP contribution in [0.4, 0.5) is 24.5 Å². The van der Waals surface area contributed by atoms with Crippen LogP contribution >= 0.6 is 15.9 Å². The van der Waals surface area contributed by atoms with Gasteiger partial charge in [0, 0.05) is 28.2 Å². The van der Waals surface area contributed by atoms with Crippen molar-refractivity contribution < 1.29 is 27.6 Å². The van der Waals surface area contributed by atoms with Gasteiger partial charge in [0.05, 0.1) is 22.4 Å². The molecule has 0 aliphatic carbocycles. The fourth-order valence-electron chi connectivity index (χ4n) is 4.40. The summed E-state index contributed by atoms with van der Waals surface area (Å²) in [6.45, 7) is 5.84. The molecule has 0 aliphatic rings. The molecule has 2 heterocycles. The minimum atomic E-state index is -4.80. The number of nitrogens with one attached hydrogen (secondary N) is 1. The van der Waals surface area contributed by atoms with Gasteiger partial charge in [-0.25, -0.2) is 9.50 Å². The molecule has 220 valence electrons. The van der Waals surface area contributed by atoms with Crippen LogP contribution < -0.4 is 10.1 Å². The summed E-state index contributed by atoms with van der Waals surface area (Å²) in [6.07, 6.45) is -4.80. The highest BCUT2D eigenvalue weighted by atomic mass is 79.9. The largest absolute Gasteiger partial charge is 0.457 e. The molecular formula is C30H23BrF3N5O4. The second-order valence-electron chi connectivity index (χ2n) is 10.1. The number of fused-ring (bicyclic) bond motifs is 1. The Morgan fingerprint density at radius 2 is 1.77 bits per heavy atom. The molecule has 1 N–H and O–H groups in total. The molecule has 0 atom stereocenters. The molecule has 0 aliphatic heterocycles. The van der Waals surface area contributed by atoms with E-state index in [0.29, 0.717) is 15.8 Å². The molecule has 3 aromatic carbocycles. The predicted octanol–water partition coefficient (Wildman–Crippen LogP) is 8.56. The minimum absolute atomic E-state index is 0.00967. The smallest absolute Gasteiger partial charge is 0.433 e. The van der Waals surface area contributed by atoms with E-state index >= 15 is 0 Å². The number of anilines is 1. The normalized spacial score (nSPS) is 11.6. The number of non-ortho nitro benzene ring substituents is 1. The lowest BCUT2D eigenvalue weighted by Crippen LogP contribution is -2.16. The quantitative estimate of drug-likeness (QED) is 0.139. The average Bonchev–Trinajstić information content (AvgIpc) is 3.36. The summed E-state index contributed by atoms with van der Waals surface area (Å²) in [6, 6.07) is 17.9. The van der Waals surface area contributed by atoms with E-state index < -0.39 is 22.7 Å². The van der Waals surface area contributed by atoms with E-state index in [4.69, 9.17) is 4.74 Å². The first kappa shape index (κ1) is 29.7. The molecule has 43 heavy (non-hydrogen) atoms. The van der Waals surface area contributed by atoms with E-state index in [1.54, 1.807) is 30.3 Å². The van der Waals surface area contributed by atoms with Crippen molar-refractivity contribution in [3.63, 3.8) is 0 Å². The number of carbonyl (C=O) groups excluding carboxylic acids is 1. The van der Waals surface area contributed by atoms with Crippen molar-refractivity contribution in [2.24, 2.45) is 0 Å². The van der Waals surface area contributed by atoms with Crippen molar-refractivity contribution in [3.8, 4) is 22.8 Å². The van der Waals surface area contributed by atoms with E-state index in [-0.39, 0.29) is 40.1 Å². The van der Waals surface area contributed by atoms with Crippen LogP contribution in [0.5, 0.6) is 11.5 Å². The van der Waals surface area contributed by atoms with Gasteiger partial charge in [0.15, 0.2) is 17.0 Å². The van der Waals surface area contributed by atoms with Crippen molar-refractivity contribution in [1.82, 2.24) is 14.6 Å². The highest BCUT2D eigenvalue weighted by Gasteiger charge is 2.35. The van der Waals surface area contributed by atoms with Gasteiger partial charge in [0.1, 0.15) is 11.5 Å². The molecule has 0 bridgehead atoms. The topological polar surface area (TPSA) is 112 Å². The van der Waals surface area contributed by atoms with Gasteiger partial charge in [-0.05, 0) is 48.2 Å². The van der Waals surface area contributed by atoms with Crippen molar-refractivity contribution in [2.75, 3.05) is 5.32 Å². The molecule has 9 nitrogen and oxygen atoms in total. The van der Waals surface area contributed by atoms with Crippen molar-refractivity contribution in [2.45, 2.75) is 32.9 Å². The van der Waals surface area contributed by atoms with Crippen molar-refractivity contribution in [1.29, 1.82) is 0 Å². The monoisotopic (exact) mass is 653 g/mol. The number of halogens is 4. The van der Waals surface area contributed by atoms with Gasteiger partial charge in [-0.15, -0.1) is 0 Å². The van der Waals surface area contributed by atoms with E-state index in [1.165, 1.54) is 12.1 Å². The number of hydrogen-bond acceptors (Lipinski definition) is 6. The maximum Gasteiger partial charge on any atom is 0.433 e. The number of amides is 1. The Labute approximate surface area is 251 Å². The third-order valence-corrected chi connectivity index (χ3v) is 7.00. The highest BCUT2D eigenvalue weighted by molar-refractivity contribution is 9.10. The number of nitro benzene ring substituents is 1. The minimum Gasteiger partial charge on any atom is -0.457 e. The maximum atomic E-state index is 14.0. The zero-order chi connectivity index (χ0) is 31.1. The number of nitro groups is 1. The maximum absolute atomic E-state index is 14.0. The van der Waals surface area contributed by atoms with E-state index in [1.807, 2.05) is 32.9 Å². The van der Waals surface area contributed by atoms with Crippen LogP contribution in [-0.4, -0.2) is 25.4 Å². The number of nitrogens with zero attached hydrogens (tertiary/aromatic N) is 4. The number of ether oxygens (including phenoxy) is 1. The molecule has 0 unspecified atom stereocenters. The first-order valence-corrected chi connectivity index (χ1v) is 13.7. The Morgan fingerprint density at radius 1 is 1.05 bits per heavy atom. The molecule has 0 spiro atoms. The van der Waals surface area contributed by atoms with Gasteiger partial charge in [-0.1, -0.05) is 54.0 Å². The molecule has 13 heteroatoms. The van der Waals surface area contributed by atoms with Crippen LogP contribution in [0.15, 0.2) is 77.3 Å². The first-order valence-electron chi connectivity index (χ1n) is 12.9. The van der Waals surface area contributed by atoms with Gasteiger partial charge in [0.25, 0.3) is 11.6 Å². The second-order valence-corrected chi connectivity index (χ2v) is 11.0. The Morgan fingerprint density at radius 3 is 2.42 bits per heavy atom. The summed E-state index contributed by atoms with van der Waals surface area (Å²) in [4.78, 5) is 28.5. The standard InChI is InChI=1S/C30H23BrF3N5O4/c1-16(2)23-9-4-17(3)10-26(23)43-22-12-20(11-21(13-22)39(41)42)35-29(40)25-15-28-36-24(18-5-7-19(31)8-6-18)14-27(30(32,33)34)38(28)37-25/h4-16H,1-3H3,(H,35,40). The van der Waals surface area contributed by atoms with Crippen LogP contribution in [0.3, 0.4) is 0 Å². The fourth-order valence-corrected chi connectivity index (χ4v) is 4.67. The summed E-state index contributed by atoms with van der Waals surface area (Å²) < 4.78 is 49.3.